The SMILES string of the molecule is CC(O)C(NC(=O)C(N)CS)C(=O)NC(CCC(N)=O)C(=O)NC(CC(=O)O)C(=O)O. The lowest BCUT2D eigenvalue weighted by Crippen LogP contribution is -2.60. The number of carbonyl (C=O) groups is 6. The number of aliphatic hydroxyl groups is 1. The number of nitrogens with one attached hydrogen (secondary N) is 3. The molecule has 0 heterocycles. The van der Waals surface area contributed by atoms with Crippen LogP contribution in [-0.2, 0) is 28.8 Å². The normalized spacial score (nSPS) is 15.5. The van der Waals surface area contributed by atoms with Gasteiger partial charge in [-0.25, -0.2) is 4.79 Å². The van der Waals surface area contributed by atoms with E-state index in [1.54, 1.807) is 0 Å². The van der Waals surface area contributed by atoms with Gasteiger partial charge in [0.05, 0.1) is 18.6 Å². The van der Waals surface area contributed by atoms with Crippen LogP contribution >= 0.6 is 12.6 Å². The van der Waals surface area contributed by atoms with Crippen molar-refractivity contribution in [3.63, 3.8) is 0 Å². The van der Waals surface area contributed by atoms with Gasteiger partial charge in [-0.2, -0.15) is 12.6 Å². The van der Waals surface area contributed by atoms with E-state index in [-0.39, 0.29) is 18.6 Å². The third-order valence-electron chi connectivity index (χ3n) is 3.90. The lowest BCUT2D eigenvalue weighted by molar-refractivity contribution is -0.147. The van der Waals surface area contributed by atoms with Gasteiger partial charge in [-0.15, -0.1) is 0 Å². The van der Waals surface area contributed by atoms with Crippen LogP contribution in [0.25, 0.3) is 0 Å². The summed E-state index contributed by atoms with van der Waals surface area (Å²) in [6, 6.07) is -5.96. The van der Waals surface area contributed by atoms with Gasteiger partial charge >= 0.3 is 11.9 Å². The molecule has 0 fully saturated rings. The van der Waals surface area contributed by atoms with Crippen LogP contribution in [0.3, 0.4) is 0 Å². The fourth-order valence-corrected chi connectivity index (χ4v) is 2.38. The van der Waals surface area contributed by atoms with Crippen molar-refractivity contribution >= 4 is 48.2 Å². The van der Waals surface area contributed by atoms with Gasteiger partial charge < -0.3 is 42.7 Å². The smallest absolute Gasteiger partial charge is 0.326 e. The van der Waals surface area contributed by atoms with E-state index in [0.717, 1.165) is 0 Å². The van der Waals surface area contributed by atoms with Crippen molar-refractivity contribution in [1.82, 2.24) is 16.0 Å². The van der Waals surface area contributed by atoms with Crippen LogP contribution in [0, 0.1) is 0 Å². The zero-order valence-electron chi connectivity index (χ0n) is 16.6. The Bertz CT molecular complexity index is 703. The summed E-state index contributed by atoms with van der Waals surface area (Å²) < 4.78 is 0. The lowest BCUT2D eigenvalue weighted by atomic mass is 10.1. The van der Waals surface area contributed by atoms with Crippen LogP contribution < -0.4 is 27.4 Å². The molecule has 31 heavy (non-hydrogen) atoms. The minimum absolute atomic E-state index is 0.0518. The molecule has 15 heteroatoms. The number of carboxylic acid groups (broad SMARTS) is 2. The first-order chi connectivity index (χ1) is 14.3. The molecule has 0 aliphatic rings. The van der Waals surface area contributed by atoms with Gasteiger partial charge in [-0.1, -0.05) is 0 Å². The summed E-state index contributed by atoms with van der Waals surface area (Å²) in [7, 11) is 0. The largest absolute Gasteiger partial charge is 0.481 e. The van der Waals surface area contributed by atoms with E-state index in [9.17, 15) is 33.9 Å². The number of hydrogen-bond acceptors (Lipinski definition) is 9. The standard InChI is InChI=1S/C16H27N5O9S/c1-6(22)12(21-13(26)7(17)5-31)15(28)19-8(2-3-10(18)23)14(27)20-9(16(29)30)4-11(24)25/h6-9,12,22,31H,2-5,17H2,1H3,(H2,18,23)(H,19,28)(H,20,27)(H,21,26)(H,24,25)(H,29,30). The number of hydrogen-bond donors (Lipinski definition) is 9. The Hall–Kier alpha value is -2.91. The Morgan fingerprint density at radius 3 is 1.90 bits per heavy atom. The van der Waals surface area contributed by atoms with Crippen LogP contribution in [-0.4, -0.2) is 86.9 Å². The van der Waals surface area contributed by atoms with Crippen molar-refractivity contribution < 1.29 is 44.1 Å². The van der Waals surface area contributed by atoms with Crippen LogP contribution in [0.15, 0.2) is 0 Å². The molecule has 10 N–H and O–H groups in total. The summed E-state index contributed by atoms with van der Waals surface area (Å²) in [5, 5.41) is 33.9. The maximum Gasteiger partial charge on any atom is 0.326 e. The number of aliphatic carboxylic acids is 2. The second-order valence-corrected chi connectivity index (χ2v) is 6.94. The van der Waals surface area contributed by atoms with Crippen molar-refractivity contribution in [2.75, 3.05) is 5.75 Å². The van der Waals surface area contributed by atoms with Crippen LogP contribution in [0.1, 0.15) is 26.2 Å². The first-order valence-electron chi connectivity index (χ1n) is 8.98. The maximum absolute atomic E-state index is 12.5. The third kappa shape index (κ3) is 10.6. The molecule has 176 valence electrons. The molecular weight excluding hydrogens is 438 g/mol. The monoisotopic (exact) mass is 465 g/mol. The predicted molar refractivity (Wildman–Crippen MR) is 108 cm³/mol. The molecule has 0 saturated carbocycles. The van der Waals surface area contributed by atoms with E-state index in [2.05, 4.69) is 23.3 Å². The molecule has 14 nitrogen and oxygen atoms in total. The predicted octanol–water partition coefficient (Wildman–Crippen LogP) is -4.10. The highest BCUT2D eigenvalue weighted by Crippen LogP contribution is 2.03. The Balaban J connectivity index is 5.50. The van der Waals surface area contributed by atoms with Crippen LogP contribution in [0.2, 0.25) is 0 Å². The van der Waals surface area contributed by atoms with Crippen molar-refractivity contribution in [3.05, 3.63) is 0 Å². The molecular formula is C16H27N5O9S. The molecule has 0 aromatic rings. The molecule has 5 atom stereocenters. The highest BCUT2D eigenvalue weighted by Gasteiger charge is 2.32. The quantitative estimate of drug-likeness (QED) is 0.112. The molecule has 0 saturated heterocycles. The molecule has 4 amide bonds. The minimum Gasteiger partial charge on any atom is -0.481 e. The average molecular weight is 465 g/mol. The molecule has 0 aromatic carbocycles. The number of aliphatic hydroxyl groups excluding tert-OH is 1. The van der Waals surface area contributed by atoms with E-state index < -0.39 is 72.3 Å². The van der Waals surface area contributed by atoms with Gasteiger partial charge in [0.15, 0.2) is 0 Å². The summed E-state index contributed by atoms with van der Waals surface area (Å²) >= 11 is 3.85. The van der Waals surface area contributed by atoms with Gasteiger partial charge in [0.25, 0.3) is 0 Å². The lowest BCUT2D eigenvalue weighted by Gasteiger charge is -2.26. The van der Waals surface area contributed by atoms with Crippen molar-refractivity contribution in [2.24, 2.45) is 11.5 Å². The fraction of sp³-hybridized carbons (Fsp3) is 0.625. The van der Waals surface area contributed by atoms with Gasteiger partial charge in [-0.05, 0) is 13.3 Å². The molecule has 0 aliphatic heterocycles. The summed E-state index contributed by atoms with van der Waals surface area (Å²) in [6.07, 6.45) is -3.10. The molecule has 0 bridgehead atoms. The van der Waals surface area contributed by atoms with Gasteiger partial charge in [0.2, 0.25) is 23.6 Å². The number of carboxylic acids is 2. The second kappa shape index (κ2) is 13.4. The van der Waals surface area contributed by atoms with Gasteiger partial charge in [-0.3, -0.25) is 24.0 Å². The van der Waals surface area contributed by atoms with Gasteiger partial charge in [0.1, 0.15) is 18.1 Å². The Kier molecular flexibility index (Phi) is 12.1. The first kappa shape index (κ1) is 28.1. The van der Waals surface area contributed by atoms with Crippen molar-refractivity contribution in [1.29, 1.82) is 0 Å². The van der Waals surface area contributed by atoms with Gasteiger partial charge in [0, 0.05) is 12.2 Å². The van der Waals surface area contributed by atoms with E-state index in [0.29, 0.717) is 0 Å². The number of thiol groups is 1. The van der Waals surface area contributed by atoms with Crippen LogP contribution in [0.5, 0.6) is 0 Å². The Morgan fingerprint density at radius 2 is 1.48 bits per heavy atom. The van der Waals surface area contributed by atoms with Crippen molar-refractivity contribution in [2.45, 2.75) is 56.5 Å². The van der Waals surface area contributed by atoms with Crippen molar-refractivity contribution in [3.8, 4) is 0 Å². The number of carbonyl (C=O) groups excluding carboxylic acids is 4. The number of amides is 4. The highest BCUT2D eigenvalue weighted by molar-refractivity contribution is 7.80. The molecule has 0 radical (unpaired) electrons. The summed E-state index contributed by atoms with van der Waals surface area (Å²) in [4.78, 5) is 69.9. The molecule has 0 rings (SSSR count). The maximum atomic E-state index is 12.5. The highest BCUT2D eigenvalue weighted by atomic mass is 32.1. The molecule has 0 spiro atoms. The van der Waals surface area contributed by atoms with E-state index >= 15 is 0 Å². The number of primary amides is 1. The molecule has 5 unspecified atom stereocenters. The zero-order valence-corrected chi connectivity index (χ0v) is 17.5. The molecule has 0 aliphatic carbocycles. The number of rotatable bonds is 14. The fourth-order valence-electron chi connectivity index (χ4n) is 2.21. The average Bonchev–Trinajstić information content (AvgIpc) is 2.66. The summed E-state index contributed by atoms with van der Waals surface area (Å²) in [5.74, 6) is -6.96. The van der Waals surface area contributed by atoms with E-state index in [1.807, 2.05) is 5.32 Å². The topological polar surface area (TPSA) is 251 Å². The van der Waals surface area contributed by atoms with E-state index in [4.69, 9.17) is 21.7 Å². The zero-order chi connectivity index (χ0) is 24.3. The minimum atomic E-state index is -1.81. The second-order valence-electron chi connectivity index (χ2n) is 6.58. The summed E-state index contributed by atoms with van der Waals surface area (Å²) in [6.45, 7) is 1.18. The number of nitrogens with two attached hydrogens (primary N) is 2. The third-order valence-corrected chi connectivity index (χ3v) is 4.30. The molecule has 0 aromatic heterocycles. The van der Waals surface area contributed by atoms with Crippen LogP contribution in [0.4, 0.5) is 0 Å². The Morgan fingerprint density at radius 1 is 0.935 bits per heavy atom. The Labute approximate surface area is 182 Å². The summed E-state index contributed by atoms with van der Waals surface area (Å²) in [5.41, 5.74) is 10.5. The van der Waals surface area contributed by atoms with E-state index in [1.165, 1.54) is 6.92 Å². The first-order valence-corrected chi connectivity index (χ1v) is 9.61.